The van der Waals surface area contributed by atoms with Gasteiger partial charge in [-0.25, -0.2) is 4.98 Å². The summed E-state index contributed by atoms with van der Waals surface area (Å²) in [5, 5.41) is 1.53. The Kier molecular flexibility index (Phi) is 10.1. The molecule has 2 aromatic heterocycles. The Bertz CT molecular complexity index is 1840. The molecule has 1 aliphatic heterocycles. The first-order valence-electron chi connectivity index (χ1n) is 15.2. The van der Waals surface area contributed by atoms with Crippen molar-refractivity contribution < 1.29 is 36.0 Å². The van der Waals surface area contributed by atoms with Gasteiger partial charge in [0.1, 0.15) is 23.3 Å². The van der Waals surface area contributed by atoms with Crippen LogP contribution in [0.2, 0.25) is 10.2 Å². The van der Waals surface area contributed by atoms with Crippen LogP contribution < -0.4 is 16.1 Å². The number of fused-ring (bicyclic) bond motifs is 1. The van der Waals surface area contributed by atoms with Crippen molar-refractivity contribution in [3.05, 3.63) is 72.1 Å². The maximum Gasteiger partial charge on any atom is 0.303 e. The van der Waals surface area contributed by atoms with Gasteiger partial charge in [-0.3, -0.25) is 13.5 Å². The van der Waals surface area contributed by atoms with Crippen molar-refractivity contribution in [3.8, 4) is 0 Å². The molecule has 0 radical (unpaired) electrons. The van der Waals surface area contributed by atoms with Crippen LogP contribution in [-0.2, 0) is 37.7 Å². The van der Waals surface area contributed by atoms with Gasteiger partial charge >= 0.3 is 5.97 Å². The van der Waals surface area contributed by atoms with E-state index in [1.54, 1.807) is 6.92 Å². The number of anilines is 1. The summed E-state index contributed by atoms with van der Waals surface area (Å²) in [6, 6.07) is 19.8. The molecule has 5 rings (SSSR count). The first kappa shape index (κ1) is 35.9. The predicted molar refractivity (Wildman–Crippen MR) is 183 cm³/mol. The fourth-order valence-electron chi connectivity index (χ4n) is 6.62. The zero-order valence-corrected chi connectivity index (χ0v) is 30.4. The molecule has 0 unspecified atom stereocenters. The van der Waals surface area contributed by atoms with Crippen molar-refractivity contribution >= 4 is 63.5 Å². The lowest BCUT2D eigenvalue weighted by atomic mass is 9.90. The first-order chi connectivity index (χ1) is 22.5. The standard InChI is InChI=1S/C32H40ClN5O8SSi/c1-20(46-47(7,40)41)32(18-43-48(31(3,4)5,22-14-10-8-11-15-22)23-16-12-9-13-17-23)26(42-6)25(44-21(2)39)29(45-32)38-19-35-24-27(33)36-30(34)37-28(24)38/h8-17,19-20,25-26,29H,18H2,1-7H3,(H2,34,36,37)/t20-,25-,26+,29-,32+/m1/s1. The third-order valence-electron chi connectivity index (χ3n) is 8.57. The Morgan fingerprint density at radius 1 is 1.10 bits per heavy atom. The third-order valence-corrected chi connectivity index (χ3v) is 14.5. The van der Waals surface area contributed by atoms with Crippen molar-refractivity contribution in [3.63, 3.8) is 0 Å². The zero-order chi connectivity index (χ0) is 35.1. The van der Waals surface area contributed by atoms with Crippen molar-refractivity contribution in [2.45, 2.75) is 69.8 Å². The molecule has 0 spiro atoms. The number of nitrogens with zero attached hydrogens (tertiary/aromatic N) is 4. The summed E-state index contributed by atoms with van der Waals surface area (Å²) in [5.74, 6) is -0.748. The average Bonchev–Trinajstić information content (AvgIpc) is 3.56. The van der Waals surface area contributed by atoms with Crippen LogP contribution >= 0.6 is 11.6 Å². The molecule has 5 atom stereocenters. The highest BCUT2D eigenvalue weighted by molar-refractivity contribution is 7.86. The van der Waals surface area contributed by atoms with E-state index in [1.807, 2.05) is 60.7 Å². The number of methoxy groups -OCH3 is 1. The first-order valence-corrected chi connectivity index (χ1v) is 19.3. The predicted octanol–water partition coefficient (Wildman–Crippen LogP) is 3.22. The lowest BCUT2D eigenvalue weighted by molar-refractivity contribution is -0.172. The Balaban J connectivity index is 1.73. The van der Waals surface area contributed by atoms with Gasteiger partial charge in [-0.05, 0) is 22.3 Å². The zero-order valence-electron chi connectivity index (χ0n) is 27.8. The van der Waals surface area contributed by atoms with E-state index in [0.717, 1.165) is 16.6 Å². The summed E-state index contributed by atoms with van der Waals surface area (Å²) in [7, 11) is -5.85. The van der Waals surface area contributed by atoms with Crippen LogP contribution in [0.4, 0.5) is 5.95 Å². The third kappa shape index (κ3) is 6.60. The molecule has 3 heterocycles. The Morgan fingerprint density at radius 3 is 2.19 bits per heavy atom. The molecular weight excluding hydrogens is 678 g/mol. The second-order valence-corrected chi connectivity index (χ2v) is 19.0. The number of carbonyl (C=O) groups is 1. The van der Waals surface area contributed by atoms with E-state index < -0.39 is 59.6 Å². The Hall–Kier alpha value is -3.44. The van der Waals surface area contributed by atoms with Crippen LogP contribution in [0.25, 0.3) is 11.2 Å². The number of aromatic nitrogens is 4. The van der Waals surface area contributed by atoms with E-state index in [0.29, 0.717) is 0 Å². The summed E-state index contributed by atoms with van der Waals surface area (Å²) < 4.78 is 58.6. The maximum atomic E-state index is 12.7. The van der Waals surface area contributed by atoms with E-state index in [4.69, 9.17) is 40.2 Å². The molecule has 4 aromatic rings. The molecule has 48 heavy (non-hydrogen) atoms. The molecule has 13 nitrogen and oxygen atoms in total. The highest BCUT2D eigenvalue weighted by Crippen LogP contribution is 2.47. The highest BCUT2D eigenvalue weighted by Gasteiger charge is 2.64. The van der Waals surface area contributed by atoms with Gasteiger partial charge in [0.15, 0.2) is 23.1 Å². The van der Waals surface area contributed by atoms with Crippen LogP contribution in [0.1, 0.15) is 40.8 Å². The van der Waals surface area contributed by atoms with Gasteiger partial charge in [0.2, 0.25) is 5.95 Å². The summed E-state index contributed by atoms with van der Waals surface area (Å²) in [5.41, 5.74) is 4.68. The molecule has 0 aliphatic carbocycles. The van der Waals surface area contributed by atoms with Crippen molar-refractivity contribution in [2.75, 3.05) is 25.7 Å². The number of rotatable bonds is 11. The van der Waals surface area contributed by atoms with E-state index >= 15 is 0 Å². The summed E-state index contributed by atoms with van der Waals surface area (Å²) >= 11 is 6.34. The number of nitrogen functional groups attached to an aromatic ring is 1. The lowest BCUT2D eigenvalue weighted by Crippen LogP contribution is -2.69. The van der Waals surface area contributed by atoms with Gasteiger partial charge in [-0.1, -0.05) is 93.0 Å². The molecule has 1 fully saturated rings. The molecule has 1 aliphatic rings. The van der Waals surface area contributed by atoms with Crippen LogP contribution in [0.5, 0.6) is 0 Å². The SMILES string of the molecule is CO[C@H]1[C@@H](OC(C)=O)[C@H](n2cnc3c(Cl)nc(N)nc32)O[C@@]1(CO[Si](c1ccccc1)(c1ccccc1)C(C)(C)C)[C@@H](C)OS(C)(=O)=O. The molecule has 2 aromatic carbocycles. The molecule has 0 amide bonds. The number of imidazole rings is 1. The highest BCUT2D eigenvalue weighted by atomic mass is 35.5. The number of benzene rings is 2. The summed E-state index contributed by atoms with van der Waals surface area (Å²) in [4.78, 5) is 25.3. The fraction of sp³-hybridized carbons (Fsp3) is 0.438. The molecular formula is C32H40ClN5O8SSi. The van der Waals surface area contributed by atoms with Gasteiger partial charge in [0.25, 0.3) is 18.4 Å². The minimum Gasteiger partial charge on any atom is -0.455 e. The number of esters is 1. The molecule has 16 heteroatoms. The summed E-state index contributed by atoms with van der Waals surface area (Å²) in [6.07, 6.45) is -2.30. The quantitative estimate of drug-likeness (QED) is 0.104. The van der Waals surface area contributed by atoms with Crippen molar-refractivity contribution in [1.29, 1.82) is 0 Å². The van der Waals surface area contributed by atoms with Crippen LogP contribution in [0, 0.1) is 0 Å². The van der Waals surface area contributed by atoms with Crippen LogP contribution in [0.15, 0.2) is 67.0 Å². The molecule has 258 valence electrons. The smallest absolute Gasteiger partial charge is 0.303 e. The van der Waals surface area contributed by atoms with Gasteiger partial charge in [0, 0.05) is 14.0 Å². The number of hydrogen-bond donors (Lipinski definition) is 1. The minimum absolute atomic E-state index is 0.0108. The lowest BCUT2D eigenvalue weighted by Gasteiger charge is -2.46. The van der Waals surface area contributed by atoms with Gasteiger partial charge in [-0.15, -0.1) is 0 Å². The van der Waals surface area contributed by atoms with Crippen molar-refractivity contribution in [2.24, 2.45) is 0 Å². The number of hydrogen-bond acceptors (Lipinski definition) is 12. The number of nitrogens with two attached hydrogens (primary N) is 1. The van der Waals surface area contributed by atoms with Gasteiger partial charge < -0.3 is 24.4 Å². The van der Waals surface area contributed by atoms with Crippen LogP contribution in [-0.4, -0.2) is 86.1 Å². The van der Waals surface area contributed by atoms with Gasteiger partial charge in [0.05, 0.1) is 19.2 Å². The topological polar surface area (TPSA) is 167 Å². The van der Waals surface area contributed by atoms with Crippen molar-refractivity contribution in [1.82, 2.24) is 19.5 Å². The fourth-order valence-corrected chi connectivity index (χ4v) is 12.1. The van der Waals surface area contributed by atoms with E-state index in [2.05, 4.69) is 35.7 Å². The van der Waals surface area contributed by atoms with Gasteiger partial charge in [-0.2, -0.15) is 18.4 Å². The number of ether oxygens (including phenoxy) is 3. The number of carbonyl (C=O) groups excluding carboxylic acids is 1. The van der Waals surface area contributed by atoms with E-state index in [-0.39, 0.29) is 28.9 Å². The van der Waals surface area contributed by atoms with Crippen LogP contribution in [0.3, 0.4) is 0 Å². The minimum atomic E-state index is -4.04. The van der Waals surface area contributed by atoms with E-state index in [1.165, 1.54) is 24.9 Å². The average molecular weight is 718 g/mol. The molecule has 0 saturated carbocycles. The Labute approximate surface area is 285 Å². The molecule has 1 saturated heterocycles. The second kappa shape index (κ2) is 13.5. The van der Waals surface area contributed by atoms with E-state index in [9.17, 15) is 13.2 Å². The second-order valence-electron chi connectivity index (χ2n) is 12.8. The molecule has 2 N–H and O–H groups in total. The normalized spacial score (nSPS) is 22.5. The Morgan fingerprint density at radius 2 is 1.69 bits per heavy atom. The summed E-state index contributed by atoms with van der Waals surface area (Å²) in [6.45, 7) is 8.92. The number of halogens is 1. The monoisotopic (exact) mass is 717 g/mol. The maximum absolute atomic E-state index is 12.7. The molecule has 0 bridgehead atoms. The largest absolute Gasteiger partial charge is 0.455 e.